The highest BCUT2D eigenvalue weighted by molar-refractivity contribution is 8.00. The number of piperazine rings is 1. The third-order valence-corrected chi connectivity index (χ3v) is 6.66. The molecule has 3 aliphatic rings. The lowest BCUT2D eigenvalue weighted by Gasteiger charge is -2.46. The van der Waals surface area contributed by atoms with E-state index < -0.39 is 5.54 Å². The van der Waals surface area contributed by atoms with E-state index in [0.29, 0.717) is 12.5 Å². The van der Waals surface area contributed by atoms with Crippen LogP contribution in [0, 0.1) is 5.92 Å². The SMILES string of the molecule is CC1C(=O)NC(C)(C2CC2)C(=O)N1CC1(C)CCCS1. The minimum absolute atomic E-state index is 0.00518. The first-order valence-corrected chi connectivity index (χ1v) is 8.61. The van der Waals surface area contributed by atoms with Crippen molar-refractivity contribution in [1.82, 2.24) is 10.2 Å². The first-order chi connectivity index (χ1) is 9.36. The summed E-state index contributed by atoms with van der Waals surface area (Å²) in [5.74, 6) is 1.63. The van der Waals surface area contributed by atoms with Crippen LogP contribution in [0.5, 0.6) is 0 Å². The Hall–Kier alpha value is -0.710. The van der Waals surface area contributed by atoms with Crippen LogP contribution < -0.4 is 5.32 Å². The van der Waals surface area contributed by atoms with Gasteiger partial charge in [0, 0.05) is 11.3 Å². The van der Waals surface area contributed by atoms with Crippen molar-refractivity contribution in [3.8, 4) is 0 Å². The zero-order chi connectivity index (χ0) is 14.5. The van der Waals surface area contributed by atoms with E-state index in [1.807, 2.05) is 30.5 Å². The smallest absolute Gasteiger partial charge is 0.249 e. The number of rotatable bonds is 3. The van der Waals surface area contributed by atoms with Gasteiger partial charge in [-0.25, -0.2) is 0 Å². The van der Waals surface area contributed by atoms with Crippen molar-refractivity contribution >= 4 is 23.6 Å². The predicted molar refractivity (Wildman–Crippen MR) is 80.5 cm³/mol. The number of thioether (sulfide) groups is 1. The molecule has 1 saturated carbocycles. The average Bonchev–Trinajstić information content (AvgIpc) is 3.17. The van der Waals surface area contributed by atoms with E-state index in [1.165, 1.54) is 12.2 Å². The maximum absolute atomic E-state index is 12.9. The Kier molecular flexibility index (Phi) is 3.31. The molecule has 0 bridgehead atoms. The highest BCUT2D eigenvalue weighted by atomic mass is 32.2. The van der Waals surface area contributed by atoms with Crippen molar-refractivity contribution in [3.63, 3.8) is 0 Å². The maximum Gasteiger partial charge on any atom is 0.249 e. The van der Waals surface area contributed by atoms with Gasteiger partial charge in [-0.2, -0.15) is 11.8 Å². The molecule has 3 atom stereocenters. The van der Waals surface area contributed by atoms with Crippen molar-refractivity contribution in [2.45, 2.75) is 62.8 Å². The van der Waals surface area contributed by atoms with Gasteiger partial charge in [0.25, 0.3) is 0 Å². The first-order valence-electron chi connectivity index (χ1n) is 7.63. The van der Waals surface area contributed by atoms with Crippen LogP contribution in [-0.4, -0.2) is 45.3 Å². The van der Waals surface area contributed by atoms with Gasteiger partial charge in [-0.3, -0.25) is 9.59 Å². The van der Waals surface area contributed by atoms with Gasteiger partial charge in [0.2, 0.25) is 11.8 Å². The Bertz CT molecular complexity index is 443. The van der Waals surface area contributed by atoms with Crippen molar-refractivity contribution in [2.75, 3.05) is 12.3 Å². The number of hydrogen-bond acceptors (Lipinski definition) is 3. The molecule has 5 heteroatoms. The second-order valence-electron chi connectivity index (χ2n) is 6.98. The molecule has 0 spiro atoms. The average molecular weight is 296 g/mol. The van der Waals surface area contributed by atoms with Crippen LogP contribution in [-0.2, 0) is 9.59 Å². The lowest BCUT2D eigenvalue weighted by molar-refractivity contribution is -0.155. The molecule has 2 saturated heterocycles. The molecule has 2 aliphatic heterocycles. The molecule has 0 radical (unpaired) electrons. The number of nitrogens with one attached hydrogen (secondary N) is 1. The molecular formula is C15H24N2O2S. The summed E-state index contributed by atoms with van der Waals surface area (Å²) in [5.41, 5.74) is -0.663. The number of nitrogens with zero attached hydrogens (tertiary/aromatic N) is 1. The molecule has 20 heavy (non-hydrogen) atoms. The second-order valence-corrected chi connectivity index (χ2v) is 8.66. The van der Waals surface area contributed by atoms with E-state index in [2.05, 4.69) is 12.2 Å². The van der Waals surface area contributed by atoms with E-state index in [-0.39, 0.29) is 22.6 Å². The van der Waals surface area contributed by atoms with Gasteiger partial charge in [0.15, 0.2) is 0 Å². The first kappa shape index (κ1) is 14.2. The van der Waals surface area contributed by atoms with Gasteiger partial charge in [-0.1, -0.05) is 0 Å². The minimum Gasteiger partial charge on any atom is -0.340 e. The van der Waals surface area contributed by atoms with Crippen molar-refractivity contribution < 1.29 is 9.59 Å². The van der Waals surface area contributed by atoms with Crippen LogP contribution in [0.4, 0.5) is 0 Å². The molecule has 1 aliphatic carbocycles. The molecule has 0 aromatic heterocycles. The summed E-state index contributed by atoms with van der Waals surface area (Å²) in [6.45, 7) is 6.69. The number of amides is 2. The van der Waals surface area contributed by atoms with E-state index in [9.17, 15) is 9.59 Å². The Morgan fingerprint density at radius 3 is 2.60 bits per heavy atom. The molecule has 1 N–H and O–H groups in total. The van der Waals surface area contributed by atoms with Gasteiger partial charge in [0.05, 0.1) is 0 Å². The Labute approximate surface area is 125 Å². The molecule has 3 fully saturated rings. The van der Waals surface area contributed by atoms with Crippen LogP contribution in [0.1, 0.15) is 46.5 Å². The molecule has 3 unspecified atom stereocenters. The Balaban J connectivity index is 1.83. The normalized spacial score (nSPS) is 42.0. The summed E-state index contributed by atoms with van der Waals surface area (Å²) >= 11 is 1.94. The summed E-state index contributed by atoms with van der Waals surface area (Å²) in [5, 5.41) is 2.98. The van der Waals surface area contributed by atoms with Crippen LogP contribution in [0.3, 0.4) is 0 Å². The summed E-state index contributed by atoms with van der Waals surface area (Å²) in [7, 11) is 0. The van der Waals surface area contributed by atoms with Gasteiger partial charge in [-0.05, 0) is 58.1 Å². The molecule has 3 rings (SSSR count). The topological polar surface area (TPSA) is 49.4 Å². The van der Waals surface area contributed by atoms with E-state index in [4.69, 9.17) is 0 Å². The molecule has 2 heterocycles. The number of hydrogen-bond donors (Lipinski definition) is 1. The van der Waals surface area contributed by atoms with Crippen LogP contribution in [0.15, 0.2) is 0 Å². The van der Waals surface area contributed by atoms with Crippen LogP contribution in [0.2, 0.25) is 0 Å². The number of carbonyl (C=O) groups excluding carboxylic acids is 2. The standard InChI is InChI=1S/C15H24N2O2S/c1-10-12(18)16-15(3,11-5-6-11)13(19)17(10)9-14(2)7-4-8-20-14/h10-11H,4-9H2,1-3H3,(H,16,18). The third-order valence-electron chi connectivity index (χ3n) is 5.13. The quantitative estimate of drug-likeness (QED) is 0.864. The largest absolute Gasteiger partial charge is 0.340 e. The van der Waals surface area contributed by atoms with Gasteiger partial charge in [0.1, 0.15) is 11.6 Å². The molecule has 112 valence electrons. The summed E-state index contributed by atoms with van der Waals surface area (Å²) in [6, 6.07) is -0.340. The molecular weight excluding hydrogens is 272 g/mol. The molecule has 0 aromatic carbocycles. The number of carbonyl (C=O) groups is 2. The highest BCUT2D eigenvalue weighted by Crippen LogP contribution is 2.44. The monoisotopic (exact) mass is 296 g/mol. The van der Waals surface area contributed by atoms with Gasteiger partial charge < -0.3 is 10.2 Å². The maximum atomic E-state index is 12.9. The summed E-state index contributed by atoms with van der Waals surface area (Å²) in [6.07, 6.45) is 4.45. The van der Waals surface area contributed by atoms with Crippen molar-refractivity contribution in [2.24, 2.45) is 5.92 Å². The van der Waals surface area contributed by atoms with Gasteiger partial charge in [-0.15, -0.1) is 0 Å². The van der Waals surface area contributed by atoms with E-state index in [1.54, 1.807) is 0 Å². The van der Waals surface area contributed by atoms with E-state index >= 15 is 0 Å². The Morgan fingerprint density at radius 2 is 2.05 bits per heavy atom. The van der Waals surface area contributed by atoms with Crippen molar-refractivity contribution in [3.05, 3.63) is 0 Å². The van der Waals surface area contributed by atoms with Crippen LogP contribution in [0.25, 0.3) is 0 Å². The highest BCUT2D eigenvalue weighted by Gasteiger charge is 2.55. The molecule has 2 amide bonds. The fourth-order valence-corrected chi connectivity index (χ4v) is 4.80. The second kappa shape index (κ2) is 4.65. The lowest BCUT2D eigenvalue weighted by Crippen LogP contribution is -2.70. The van der Waals surface area contributed by atoms with Gasteiger partial charge >= 0.3 is 0 Å². The molecule has 0 aromatic rings. The minimum atomic E-state index is -0.663. The summed E-state index contributed by atoms with van der Waals surface area (Å²) in [4.78, 5) is 27.0. The lowest BCUT2D eigenvalue weighted by atomic mass is 9.88. The summed E-state index contributed by atoms with van der Waals surface area (Å²) < 4.78 is 0.117. The predicted octanol–water partition coefficient (Wildman–Crippen LogP) is 1.79. The fourth-order valence-electron chi connectivity index (χ4n) is 3.50. The zero-order valence-electron chi connectivity index (χ0n) is 12.6. The third kappa shape index (κ3) is 2.24. The van der Waals surface area contributed by atoms with Crippen LogP contribution >= 0.6 is 11.8 Å². The zero-order valence-corrected chi connectivity index (χ0v) is 13.4. The van der Waals surface area contributed by atoms with E-state index in [0.717, 1.165) is 19.3 Å². The Morgan fingerprint density at radius 1 is 1.35 bits per heavy atom. The fraction of sp³-hybridized carbons (Fsp3) is 0.867. The van der Waals surface area contributed by atoms with Crippen molar-refractivity contribution in [1.29, 1.82) is 0 Å². The molecule has 4 nitrogen and oxygen atoms in total.